The van der Waals surface area contributed by atoms with Crippen LogP contribution in [0.2, 0.25) is 0 Å². The van der Waals surface area contributed by atoms with Gasteiger partial charge in [0.15, 0.2) is 0 Å². The molecule has 0 aliphatic rings. The van der Waals surface area contributed by atoms with Gasteiger partial charge in [-0.2, -0.15) is 0 Å². The lowest BCUT2D eigenvalue weighted by Gasteiger charge is -2.18. The number of hydrogen-bond donors (Lipinski definition) is 1. The van der Waals surface area contributed by atoms with Crippen molar-refractivity contribution < 1.29 is 13.9 Å². The Morgan fingerprint density at radius 1 is 1.20 bits per heavy atom. The van der Waals surface area contributed by atoms with Crippen molar-refractivity contribution in [1.29, 1.82) is 0 Å². The summed E-state index contributed by atoms with van der Waals surface area (Å²) in [5, 5.41) is 3.27. The van der Waals surface area contributed by atoms with E-state index in [-0.39, 0.29) is 6.04 Å². The maximum Gasteiger partial charge on any atom is 0.129 e. The lowest BCUT2D eigenvalue weighted by Crippen LogP contribution is -2.18. The van der Waals surface area contributed by atoms with Crippen LogP contribution in [0.3, 0.4) is 0 Å². The van der Waals surface area contributed by atoms with Gasteiger partial charge in [0.1, 0.15) is 23.9 Å². The molecule has 1 atom stereocenters. The van der Waals surface area contributed by atoms with Gasteiger partial charge in [0.2, 0.25) is 0 Å². The Bertz CT molecular complexity index is 536. The molecule has 1 N–H and O–H groups in total. The van der Waals surface area contributed by atoms with Crippen molar-refractivity contribution in [3.63, 3.8) is 0 Å². The number of nitrogens with one attached hydrogen (secondary N) is 1. The van der Waals surface area contributed by atoms with Gasteiger partial charge in [-0.15, -0.1) is 0 Å². The smallest absolute Gasteiger partial charge is 0.129 e. The zero-order valence-corrected chi connectivity index (χ0v) is 12.2. The monoisotopic (exact) mass is 275 g/mol. The molecule has 108 valence electrons. The first-order valence-electron chi connectivity index (χ1n) is 6.76. The number of rotatable bonds is 7. The molecule has 0 spiro atoms. The summed E-state index contributed by atoms with van der Waals surface area (Å²) < 4.78 is 16.6. The molecule has 0 saturated heterocycles. The molecule has 1 aromatic carbocycles. The normalized spacial score (nSPS) is 12.3. The summed E-state index contributed by atoms with van der Waals surface area (Å²) >= 11 is 0. The van der Waals surface area contributed by atoms with Crippen LogP contribution in [0.5, 0.6) is 5.75 Å². The first-order valence-corrected chi connectivity index (χ1v) is 6.76. The van der Waals surface area contributed by atoms with Crippen LogP contribution in [0.1, 0.15) is 30.0 Å². The third kappa shape index (κ3) is 3.21. The first kappa shape index (κ1) is 14.6. The lowest BCUT2D eigenvalue weighted by atomic mass is 10.0. The molecule has 1 heterocycles. The number of hydrogen-bond acceptors (Lipinski definition) is 4. The Hall–Kier alpha value is -1.78. The minimum absolute atomic E-state index is 0.0386. The number of furan rings is 1. The summed E-state index contributed by atoms with van der Waals surface area (Å²) in [5.41, 5.74) is 1.06. The molecule has 20 heavy (non-hydrogen) atoms. The second-order valence-corrected chi connectivity index (χ2v) is 4.43. The molecule has 0 aliphatic carbocycles. The van der Waals surface area contributed by atoms with Crippen LogP contribution in [0.4, 0.5) is 0 Å². The number of methoxy groups -OCH3 is 1. The van der Waals surface area contributed by atoms with Gasteiger partial charge < -0.3 is 19.2 Å². The molecule has 2 aromatic rings. The summed E-state index contributed by atoms with van der Waals surface area (Å²) in [4.78, 5) is 0. The maximum atomic E-state index is 5.82. The summed E-state index contributed by atoms with van der Waals surface area (Å²) in [7, 11) is 3.56. The molecule has 0 saturated carbocycles. The molecule has 0 bridgehead atoms. The average Bonchev–Trinajstić information content (AvgIpc) is 2.91. The topological polar surface area (TPSA) is 43.6 Å². The molecule has 1 unspecified atom stereocenters. The minimum atomic E-state index is -0.0386. The van der Waals surface area contributed by atoms with Gasteiger partial charge in [-0.1, -0.05) is 18.2 Å². The molecular weight excluding hydrogens is 254 g/mol. The van der Waals surface area contributed by atoms with E-state index in [0.29, 0.717) is 13.2 Å². The van der Waals surface area contributed by atoms with E-state index in [4.69, 9.17) is 13.9 Å². The molecule has 0 radical (unpaired) electrons. The molecule has 0 aliphatic heterocycles. The number of ether oxygens (including phenoxy) is 2. The summed E-state index contributed by atoms with van der Waals surface area (Å²) in [6.07, 6.45) is 0. The number of para-hydroxylation sites is 1. The van der Waals surface area contributed by atoms with Crippen molar-refractivity contribution in [3.05, 3.63) is 53.5 Å². The van der Waals surface area contributed by atoms with Crippen molar-refractivity contribution >= 4 is 0 Å². The molecule has 0 amide bonds. The van der Waals surface area contributed by atoms with E-state index in [1.54, 1.807) is 7.11 Å². The predicted molar refractivity (Wildman–Crippen MR) is 77.9 cm³/mol. The quantitative estimate of drug-likeness (QED) is 0.843. The van der Waals surface area contributed by atoms with Crippen molar-refractivity contribution in [1.82, 2.24) is 5.32 Å². The zero-order valence-electron chi connectivity index (χ0n) is 12.2. The van der Waals surface area contributed by atoms with Gasteiger partial charge in [0.05, 0.1) is 12.6 Å². The summed E-state index contributed by atoms with van der Waals surface area (Å²) in [5.74, 6) is 2.54. The van der Waals surface area contributed by atoms with Gasteiger partial charge in [-0.25, -0.2) is 0 Å². The van der Waals surface area contributed by atoms with Crippen LogP contribution in [0.25, 0.3) is 0 Å². The third-order valence-electron chi connectivity index (χ3n) is 3.07. The molecule has 2 rings (SSSR count). The highest BCUT2D eigenvalue weighted by molar-refractivity contribution is 5.39. The average molecular weight is 275 g/mol. The fourth-order valence-corrected chi connectivity index (χ4v) is 2.23. The zero-order chi connectivity index (χ0) is 14.4. The largest absolute Gasteiger partial charge is 0.494 e. The van der Waals surface area contributed by atoms with E-state index in [0.717, 1.165) is 22.8 Å². The third-order valence-corrected chi connectivity index (χ3v) is 3.07. The molecular formula is C16H21NO3. The Morgan fingerprint density at radius 3 is 2.70 bits per heavy atom. The highest BCUT2D eigenvalue weighted by Gasteiger charge is 2.19. The molecule has 4 heteroatoms. The van der Waals surface area contributed by atoms with Crippen molar-refractivity contribution in [2.75, 3.05) is 20.8 Å². The van der Waals surface area contributed by atoms with Gasteiger partial charge in [0, 0.05) is 12.7 Å². The van der Waals surface area contributed by atoms with Crippen molar-refractivity contribution in [2.24, 2.45) is 0 Å². The van der Waals surface area contributed by atoms with Crippen LogP contribution in [0, 0.1) is 0 Å². The Labute approximate surface area is 119 Å². The SMILES string of the molecule is CCOc1ccccc1C(NC)c1ccc(COC)o1. The van der Waals surface area contributed by atoms with Crippen molar-refractivity contribution in [2.45, 2.75) is 19.6 Å². The van der Waals surface area contributed by atoms with E-state index >= 15 is 0 Å². The molecule has 0 fully saturated rings. The maximum absolute atomic E-state index is 5.82. The second kappa shape index (κ2) is 7.12. The van der Waals surface area contributed by atoms with Crippen LogP contribution in [-0.2, 0) is 11.3 Å². The fourth-order valence-electron chi connectivity index (χ4n) is 2.23. The van der Waals surface area contributed by atoms with Crippen LogP contribution in [0.15, 0.2) is 40.8 Å². The van der Waals surface area contributed by atoms with Crippen LogP contribution in [-0.4, -0.2) is 20.8 Å². The van der Waals surface area contributed by atoms with E-state index < -0.39 is 0 Å². The summed E-state index contributed by atoms with van der Waals surface area (Å²) in [6.45, 7) is 3.10. The molecule has 4 nitrogen and oxygen atoms in total. The number of benzene rings is 1. The highest BCUT2D eigenvalue weighted by atomic mass is 16.5. The van der Waals surface area contributed by atoms with Crippen molar-refractivity contribution in [3.8, 4) is 5.75 Å². The standard InChI is InChI=1S/C16H21NO3/c1-4-19-14-8-6-5-7-13(14)16(17-2)15-10-9-12(20-15)11-18-3/h5-10,16-17H,4,11H2,1-3H3. The van der Waals surface area contributed by atoms with Crippen LogP contribution >= 0.6 is 0 Å². The van der Waals surface area contributed by atoms with Crippen LogP contribution < -0.4 is 10.1 Å². The molecule has 1 aromatic heterocycles. The van der Waals surface area contributed by atoms with E-state index in [1.165, 1.54) is 0 Å². The van der Waals surface area contributed by atoms with Gasteiger partial charge >= 0.3 is 0 Å². The van der Waals surface area contributed by atoms with Gasteiger partial charge in [-0.05, 0) is 32.2 Å². The Morgan fingerprint density at radius 2 is 2.00 bits per heavy atom. The van der Waals surface area contributed by atoms with E-state index in [1.807, 2.05) is 50.4 Å². The Kier molecular flexibility index (Phi) is 5.21. The lowest BCUT2D eigenvalue weighted by molar-refractivity contribution is 0.162. The van der Waals surface area contributed by atoms with E-state index in [9.17, 15) is 0 Å². The van der Waals surface area contributed by atoms with Gasteiger partial charge in [-0.3, -0.25) is 0 Å². The summed E-state index contributed by atoms with van der Waals surface area (Å²) in [6, 6.07) is 11.9. The minimum Gasteiger partial charge on any atom is -0.494 e. The predicted octanol–water partition coefficient (Wildman–Crippen LogP) is 3.13. The fraction of sp³-hybridized carbons (Fsp3) is 0.375. The van der Waals surface area contributed by atoms with E-state index in [2.05, 4.69) is 5.32 Å². The highest BCUT2D eigenvalue weighted by Crippen LogP contribution is 2.30. The second-order valence-electron chi connectivity index (χ2n) is 4.43. The first-order chi connectivity index (χ1) is 9.80. The van der Waals surface area contributed by atoms with Gasteiger partial charge in [0.25, 0.3) is 0 Å². The Balaban J connectivity index is 2.31.